The highest BCUT2D eigenvalue weighted by Crippen LogP contribution is 2.35. The average molecular weight is 387 g/mol. The molecule has 0 fully saturated rings. The van der Waals surface area contributed by atoms with Crippen LogP contribution in [0.2, 0.25) is 0 Å². The first-order valence-electron chi connectivity index (χ1n) is 8.02. The van der Waals surface area contributed by atoms with Gasteiger partial charge in [0.25, 0.3) is 12.0 Å². The first kappa shape index (κ1) is 16.1. The fourth-order valence-corrected chi connectivity index (χ4v) is 4.31. The van der Waals surface area contributed by atoms with E-state index in [0.717, 1.165) is 11.3 Å². The number of fused-ring (bicyclic) bond motifs is 4. The minimum Gasteiger partial charge on any atom is -0.454 e. The molecule has 4 aromatic rings. The van der Waals surface area contributed by atoms with Crippen molar-refractivity contribution in [2.24, 2.45) is 0 Å². The summed E-state index contributed by atoms with van der Waals surface area (Å²) >= 11 is 1.07. The Morgan fingerprint density at radius 1 is 1.22 bits per heavy atom. The largest absolute Gasteiger partial charge is 0.454 e. The lowest BCUT2D eigenvalue weighted by atomic mass is 10.1. The van der Waals surface area contributed by atoms with E-state index in [1.807, 2.05) is 0 Å². The van der Waals surface area contributed by atoms with Crippen molar-refractivity contribution in [1.29, 1.82) is 0 Å². The van der Waals surface area contributed by atoms with Crippen molar-refractivity contribution in [3.63, 3.8) is 0 Å². The van der Waals surface area contributed by atoms with Crippen molar-refractivity contribution in [2.45, 2.75) is 13.3 Å². The van der Waals surface area contributed by atoms with Gasteiger partial charge in [-0.15, -0.1) is 11.3 Å². The second-order valence-corrected chi connectivity index (χ2v) is 7.08. The van der Waals surface area contributed by atoms with E-state index in [2.05, 4.69) is 9.97 Å². The molecule has 1 aromatic carbocycles. The summed E-state index contributed by atoms with van der Waals surface area (Å²) in [5.74, 6) is 1.16. The van der Waals surface area contributed by atoms with Gasteiger partial charge in [-0.25, -0.2) is 18.7 Å². The molecule has 5 rings (SSSR count). The molecule has 0 unspecified atom stereocenters. The molecule has 0 N–H and O–H groups in total. The summed E-state index contributed by atoms with van der Waals surface area (Å²) < 4.78 is 38.5. The van der Waals surface area contributed by atoms with Crippen LogP contribution in [-0.4, -0.2) is 21.3 Å². The van der Waals surface area contributed by atoms with Crippen LogP contribution >= 0.6 is 11.3 Å². The Balaban J connectivity index is 1.75. The van der Waals surface area contributed by atoms with Gasteiger partial charge < -0.3 is 9.47 Å². The third-order valence-corrected chi connectivity index (χ3v) is 5.49. The number of pyridine rings is 1. The number of rotatable bonds is 2. The minimum absolute atomic E-state index is 0.138. The third kappa shape index (κ3) is 2.38. The van der Waals surface area contributed by atoms with Crippen molar-refractivity contribution < 1.29 is 18.3 Å². The average Bonchev–Trinajstić information content (AvgIpc) is 3.26. The Labute approximate surface area is 154 Å². The van der Waals surface area contributed by atoms with E-state index in [1.54, 1.807) is 25.1 Å². The Kier molecular flexibility index (Phi) is 3.41. The Morgan fingerprint density at radius 2 is 2.04 bits per heavy atom. The van der Waals surface area contributed by atoms with E-state index in [0.29, 0.717) is 43.2 Å². The zero-order valence-electron chi connectivity index (χ0n) is 13.9. The lowest BCUT2D eigenvalue weighted by Gasteiger charge is -2.06. The van der Waals surface area contributed by atoms with Crippen LogP contribution in [0.4, 0.5) is 8.78 Å². The van der Waals surface area contributed by atoms with Crippen molar-refractivity contribution in [3.05, 3.63) is 52.2 Å². The molecule has 1 aliphatic rings. The maximum absolute atomic E-state index is 13.0. The van der Waals surface area contributed by atoms with E-state index in [-0.39, 0.29) is 18.0 Å². The Hall–Kier alpha value is -3.07. The molecular weight excluding hydrogens is 376 g/mol. The summed E-state index contributed by atoms with van der Waals surface area (Å²) in [6.45, 7) is 1.85. The van der Waals surface area contributed by atoms with Gasteiger partial charge in [-0.3, -0.25) is 9.36 Å². The molecule has 0 saturated heterocycles. The van der Waals surface area contributed by atoms with E-state index >= 15 is 0 Å². The summed E-state index contributed by atoms with van der Waals surface area (Å²) in [6.07, 6.45) is -1.24. The van der Waals surface area contributed by atoms with Crippen LogP contribution in [0.25, 0.3) is 26.1 Å². The predicted octanol–water partition coefficient (Wildman–Crippen LogP) is 3.97. The minimum atomic E-state index is -2.67. The van der Waals surface area contributed by atoms with Gasteiger partial charge in [-0.1, -0.05) is 0 Å². The summed E-state index contributed by atoms with van der Waals surface area (Å²) in [5.41, 5.74) is 1.08. The maximum Gasteiger partial charge on any atom is 0.280 e. The molecule has 0 bridgehead atoms. The molecule has 0 amide bonds. The fourth-order valence-electron chi connectivity index (χ4n) is 3.16. The standard InChI is InChI=1S/C18H11F2N3O3S/c1-8-4-10(16(19)20)22-17-13(8)14-15(27-17)18(24)23(6-21-14)9-2-3-11-12(5-9)26-7-25-11/h2-6,16H,7H2,1H3. The number of aryl methyl sites for hydroxylation is 1. The van der Waals surface area contributed by atoms with Crippen molar-refractivity contribution in [2.75, 3.05) is 6.79 Å². The molecule has 9 heteroatoms. The predicted molar refractivity (Wildman–Crippen MR) is 96.3 cm³/mol. The van der Waals surface area contributed by atoms with Crippen LogP contribution in [0.15, 0.2) is 35.4 Å². The van der Waals surface area contributed by atoms with Gasteiger partial charge in [-0.05, 0) is 30.7 Å². The van der Waals surface area contributed by atoms with Gasteiger partial charge in [0.1, 0.15) is 21.6 Å². The highest BCUT2D eigenvalue weighted by molar-refractivity contribution is 7.25. The van der Waals surface area contributed by atoms with E-state index in [9.17, 15) is 13.6 Å². The molecule has 0 aliphatic carbocycles. The van der Waals surface area contributed by atoms with Crippen LogP contribution in [-0.2, 0) is 0 Å². The summed E-state index contributed by atoms with van der Waals surface area (Å²) in [6, 6.07) is 6.49. The number of ether oxygens (including phenoxy) is 2. The highest BCUT2D eigenvalue weighted by atomic mass is 32.1. The van der Waals surface area contributed by atoms with E-state index < -0.39 is 6.43 Å². The number of hydrogen-bond donors (Lipinski definition) is 0. The van der Waals surface area contributed by atoms with Gasteiger partial charge in [0, 0.05) is 11.5 Å². The lowest BCUT2D eigenvalue weighted by Crippen LogP contribution is -2.17. The van der Waals surface area contributed by atoms with Gasteiger partial charge in [-0.2, -0.15) is 0 Å². The van der Waals surface area contributed by atoms with E-state index in [4.69, 9.17) is 9.47 Å². The second-order valence-electron chi connectivity index (χ2n) is 6.08. The number of alkyl halides is 2. The quantitative estimate of drug-likeness (QED) is 0.521. The monoisotopic (exact) mass is 387 g/mol. The normalized spacial score (nSPS) is 13.2. The van der Waals surface area contributed by atoms with Crippen LogP contribution < -0.4 is 15.0 Å². The number of benzene rings is 1. The van der Waals surface area contributed by atoms with Crippen molar-refractivity contribution in [1.82, 2.24) is 14.5 Å². The fraction of sp³-hybridized carbons (Fsp3) is 0.167. The second kappa shape index (κ2) is 5.71. The molecule has 6 nitrogen and oxygen atoms in total. The topological polar surface area (TPSA) is 66.2 Å². The van der Waals surface area contributed by atoms with Gasteiger partial charge >= 0.3 is 0 Å². The van der Waals surface area contributed by atoms with Crippen LogP contribution in [0, 0.1) is 6.92 Å². The summed E-state index contributed by atoms with van der Waals surface area (Å²) in [4.78, 5) is 21.8. The molecule has 136 valence electrons. The highest BCUT2D eigenvalue weighted by Gasteiger charge is 2.20. The van der Waals surface area contributed by atoms with Gasteiger partial charge in [0.05, 0.1) is 11.2 Å². The van der Waals surface area contributed by atoms with Gasteiger partial charge in [0.15, 0.2) is 11.5 Å². The number of hydrogen-bond acceptors (Lipinski definition) is 6. The van der Waals surface area contributed by atoms with Crippen molar-refractivity contribution in [3.8, 4) is 17.2 Å². The first-order valence-corrected chi connectivity index (χ1v) is 8.84. The molecular formula is C18H11F2N3O3S. The van der Waals surface area contributed by atoms with Gasteiger partial charge in [0.2, 0.25) is 6.79 Å². The van der Waals surface area contributed by atoms with Crippen LogP contribution in [0.5, 0.6) is 11.5 Å². The van der Waals surface area contributed by atoms with Crippen LogP contribution in [0.1, 0.15) is 17.7 Å². The Morgan fingerprint density at radius 3 is 2.85 bits per heavy atom. The molecule has 0 radical (unpaired) electrons. The number of nitrogens with zero attached hydrogens (tertiary/aromatic N) is 3. The molecule has 27 heavy (non-hydrogen) atoms. The Bertz CT molecular complexity index is 1280. The molecule has 0 spiro atoms. The summed E-state index contributed by atoms with van der Waals surface area (Å²) in [7, 11) is 0. The molecule has 4 heterocycles. The molecule has 3 aromatic heterocycles. The SMILES string of the molecule is Cc1cc(C(F)F)nc2sc3c(=O)n(-c4ccc5c(c4)OCO5)cnc3c12. The zero-order chi connectivity index (χ0) is 18.7. The van der Waals surface area contributed by atoms with E-state index in [1.165, 1.54) is 17.0 Å². The molecule has 0 saturated carbocycles. The number of thiophene rings is 1. The molecule has 1 aliphatic heterocycles. The lowest BCUT2D eigenvalue weighted by molar-refractivity contribution is 0.146. The summed E-state index contributed by atoms with van der Waals surface area (Å²) in [5, 5.41) is 0.634. The zero-order valence-corrected chi connectivity index (χ0v) is 14.7. The maximum atomic E-state index is 13.0. The number of aromatic nitrogens is 3. The number of halogens is 2. The van der Waals surface area contributed by atoms with Crippen molar-refractivity contribution >= 4 is 31.8 Å². The molecule has 0 atom stereocenters. The smallest absolute Gasteiger partial charge is 0.280 e. The first-order chi connectivity index (χ1) is 13.0. The third-order valence-electron chi connectivity index (χ3n) is 4.43. The van der Waals surface area contributed by atoms with Crippen LogP contribution in [0.3, 0.4) is 0 Å².